The zero-order chi connectivity index (χ0) is 14.7. The van der Waals surface area contributed by atoms with Crippen molar-refractivity contribution in [1.29, 1.82) is 0 Å². The van der Waals surface area contributed by atoms with Crippen molar-refractivity contribution in [3.05, 3.63) is 20.6 Å². The molecule has 0 aromatic heterocycles. The SMILES string of the molecule is CC(C)C=C1S[C@@H]2C3CC([C@H]4SC(=CC(C)C)S[C@@H]34)[C@@H]2S1. The van der Waals surface area contributed by atoms with E-state index in [2.05, 4.69) is 86.9 Å². The van der Waals surface area contributed by atoms with E-state index in [1.807, 2.05) is 0 Å². The van der Waals surface area contributed by atoms with E-state index in [1.54, 1.807) is 8.47 Å². The molecule has 0 radical (unpaired) electrons. The van der Waals surface area contributed by atoms with Crippen molar-refractivity contribution in [2.24, 2.45) is 23.7 Å². The lowest BCUT2D eigenvalue weighted by atomic mass is 9.98. The molecule has 2 unspecified atom stereocenters. The molecule has 2 bridgehead atoms. The van der Waals surface area contributed by atoms with E-state index < -0.39 is 0 Å². The molecule has 116 valence electrons. The van der Waals surface area contributed by atoms with Crippen LogP contribution in [0.4, 0.5) is 0 Å². The first kappa shape index (κ1) is 15.4. The first-order chi connectivity index (χ1) is 10.0. The maximum atomic E-state index is 2.49. The van der Waals surface area contributed by atoms with Crippen molar-refractivity contribution in [3.63, 3.8) is 0 Å². The van der Waals surface area contributed by atoms with Gasteiger partial charge in [0.05, 0.1) is 0 Å². The van der Waals surface area contributed by atoms with Crippen LogP contribution in [0.2, 0.25) is 0 Å². The number of fused-ring (bicyclic) bond motifs is 8. The van der Waals surface area contributed by atoms with E-state index in [4.69, 9.17) is 0 Å². The topological polar surface area (TPSA) is 0 Å². The van der Waals surface area contributed by atoms with Crippen LogP contribution in [0, 0.1) is 23.7 Å². The van der Waals surface area contributed by atoms with Crippen molar-refractivity contribution >= 4 is 47.0 Å². The van der Waals surface area contributed by atoms with Crippen LogP contribution in [0.3, 0.4) is 0 Å². The molecule has 21 heavy (non-hydrogen) atoms. The van der Waals surface area contributed by atoms with Crippen LogP contribution in [-0.2, 0) is 0 Å². The minimum absolute atomic E-state index is 0.695. The van der Waals surface area contributed by atoms with E-state index in [0.29, 0.717) is 11.8 Å². The van der Waals surface area contributed by atoms with Gasteiger partial charge in [-0.25, -0.2) is 0 Å². The molecule has 2 aliphatic heterocycles. The number of rotatable bonds is 2. The molecular formula is C17H24S4. The zero-order valence-corrected chi connectivity index (χ0v) is 16.4. The fourth-order valence-electron chi connectivity index (χ4n) is 4.11. The van der Waals surface area contributed by atoms with Gasteiger partial charge >= 0.3 is 0 Å². The smallest absolute Gasteiger partial charge is 0.0369 e. The van der Waals surface area contributed by atoms with Gasteiger partial charge in [-0.1, -0.05) is 39.8 Å². The molecular weight excluding hydrogens is 332 g/mol. The summed E-state index contributed by atoms with van der Waals surface area (Å²) >= 11 is 8.88. The molecule has 2 aliphatic carbocycles. The van der Waals surface area contributed by atoms with E-state index in [-0.39, 0.29) is 0 Å². The van der Waals surface area contributed by atoms with Crippen LogP contribution in [-0.4, -0.2) is 21.0 Å². The maximum absolute atomic E-state index is 2.49. The Morgan fingerprint density at radius 2 is 1.05 bits per heavy atom. The fourth-order valence-corrected chi connectivity index (χ4v) is 12.4. The molecule has 0 aromatic carbocycles. The van der Waals surface area contributed by atoms with Gasteiger partial charge in [-0.15, -0.1) is 47.0 Å². The maximum Gasteiger partial charge on any atom is 0.0369 e. The lowest BCUT2D eigenvalue weighted by Gasteiger charge is -2.30. The molecule has 4 heteroatoms. The van der Waals surface area contributed by atoms with E-state index in [0.717, 1.165) is 32.8 Å². The third kappa shape index (κ3) is 2.66. The van der Waals surface area contributed by atoms with Crippen LogP contribution in [0.15, 0.2) is 20.6 Å². The standard InChI is InChI=1S/C17H24S4/c1-8(2)5-12-18-14-10-7-11(15(14)19-12)17-16(10)20-13(21-17)6-9(3)4/h5-6,8-11,14-17H,7H2,1-4H3/t10?,11?,14-,15+,16+,17-. The Bertz CT molecular complexity index is 421. The van der Waals surface area contributed by atoms with Crippen LogP contribution in [0.25, 0.3) is 0 Å². The summed E-state index contributed by atoms with van der Waals surface area (Å²) in [5, 5.41) is 3.66. The Hall–Kier alpha value is 0.880. The minimum atomic E-state index is 0.695. The molecule has 4 fully saturated rings. The summed E-state index contributed by atoms with van der Waals surface area (Å²) in [5.74, 6) is 3.33. The van der Waals surface area contributed by atoms with Crippen LogP contribution in [0.1, 0.15) is 34.1 Å². The van der Waals surface area contributed by atoms with E-state index in [1.165, 1.54) is 6.42 Å². The van der Waals surface area contributed by atoms with Gasteiger partial charge in [0.1, 0.15) is 0 Å². The number of allylic oxidation sites excluding steroid dienone is 2. The summed E-state index contributed by atoms with van der Waals surface area (Å²) in [7, 11) is 0. The van der Waals surface area contributed by atoms with Crippen LogP contribution >= 0.6 is 47.0 Å². The van der Waals surface area contributed by atoms with Gasteiger partial charge in [-0.2, -0.15) is 0 Å². The van der Waals surface area contributed by atoms with Crippen molar-refractivity contribution in [1.82, 2.24) is 0 Å². The molecule has 6 atom stereocenters. The van der Waals surface area contributed by atoms with Gasteiger partial charge < -0.3 is 0 Å². The third-order valence-electron chi connectivity index (χ3n) is 4.83. The third-order valence-corrected chi connectivity index (χ3v) is 11.5. The number of hydrogen-bond donors (Lipinski definition) is 0. The summed E-state index contributed by atoms with van der Waals surface area (Å²) in [6, 6.07) is 0. The lowest BCUT2D eigenvalue weighted by molar-refractivity contribution is 0.536. The highest BCUT2D eigenvalue weighted by Gasteiger charge is 2.63. The summed E-state index contributed by atoms with van der Waals surface area (Å²) in [6.45, 7) is 9.22. The van der Waals surface area contributed by atoms with Gasteiger partial charge in [0, 0.05) is 29.5 Å². The Balaban J connectivity index is 1.52. The van der Waals surface area contributed by atoms with Crippen molar-refractivity contribution in [2.75, 3.05) is 0 Å². The summed E-state index contributed by atoms with van der Waals surface area (Å²) in [5.41, 5.74) is 0. The van der Waals surface area contributed by atoms with Gasteiger partial charge in [0.15, 0.2) is 0 Å². The predicted molar refractivity (Wildman–Crippen MR) is 103 cm³/mol. The second-order valence-corrected chi connectivity index (χ2v) is 12.7. The molecule has 0 spiro atoms. The van der Waals surface area contributed by atoms with Gasteiger partial charge in [-0.3, -0.25) is 0 Å². The molecule has 4 rings (SSSR count). The van der Waals surface area contributed by atoms with Gasteiger partial charge in [-0.05, 0) is 30.1 Å². The Kier molecular flexibility index (Phi) is 4.22. The molecule has 4 aliphatic rings. The fraction of sp³-hybridized carbons (Fsp3) is 0.765. The van der Waals surface area contributed by atoms with Crippen molar-refractivity contribution in [2.45, 2.75) is 55.1 Å². The largest absolute Gasteiger partial charge is 0.115 e. The highest BCUT2D eigenvalue weighted by Crippen LogP contribution is 2.71. The molecule has 0 N–H and O–H groups in total. The minimum Gasteiger partial charge on any atom is -0.115 e. The number of thioether (sulfide) groups is 4. The second kappa shape index (κ2) is 5.75. The average molecular weight is 357 g/mol. The molecule has 0 nitrogen and oxygen atoms in total. The molecule has 2 saturated heterocycles. The quantitative estimate of drug-likeness (QED) is 0.589. The molecule has 2 saturated carbocycles. The number of hydrogen-bond acceptors (Lipinski definition) is 4. The summed E-state index contributed by atoms with van der Waals surface area (Å²) in [4.78, 5) is 0. The summed E-state index contributed by atoms with van der Waals surface area (Å²) < 4.78 is 3.25. The Labute approximate surface area is 146 Å². The van der Waals surface area contributed by atoms with Gasteiger partial charge in [0.25, 0.3) is 0 Å². The second-order valence-electron chi connectivity index (χ2n) is 7.35. The van der Waals surface area contributed by atoms with Crippen molar-refractivity contribution < 1.29 is 0 Å². The van der Waals surface area contributed by atoms with E-state index in [9.17, 15) is 0 Å². The summed E-state index contributed by atoms with van der Waals surface area (Å²) in [6.07, 6.45) is 6.50. The van der Waals surface area contributed by atoms with Gasteiger partial charge in [0.2, 0.25) is 0 Å². The molecule has 0 aromatic rings. The molecule has 2 heterocycles. The first-order valence-electron chi connectivity index (χ1n) is 8.13. The highest BCUT2D eigenvalue weighted by atomic mass is 32.2. The first-order valence-corrected chi connectivity index (χ1v) is 11.6. The average Bonchev–Trinajstić information content (AvgIpc) is 3.02. The Morgan fingerprint density at radius 3 is 1.33 bits per heavy atom. The Morgan fingerprint density at radius 1 is 0.714 bits per heavy atom. The van der Waals surface area contributed by atoms with Crippen LogP contribution in [0.5, 0.6) is 0 Å². The van der Waals surface area contributed by atoms with E-state index >= 15 is 0 Å². The monoisotopic (exact) mass is 356 g/mol. The predicted octanol–water partition coefficient (Wildman–Crippen LogP) is 6.07. The van der Waals surface area contributed by atoms with Crippen LogP contribution < -0.4 is 0 Å². The normalized spacial score (nSPS) is 48.1. The zero-order valence-electron chi connectivity index (χ0n) is 13.1. The lowest BCUT2D eigenvalue weighted by Crippen LogP contribution is -2.38. The molecule has 0 amide bonds. The van der Waals surface area contributed by atoms with Crippen molar-refractivity contribution in [3.8, 4) is 0 Å². The highest BCUT2D eigenvalue weighted by molar-refractivity contribution is 8.27.